The molecule has 0 aromatic rings. The largest absolute Gasteiger partial charge is 0.386 e. The first kappa shape index (κ1) is 8.87. The van der Waals surface area contributed by atoms with E-state index in [0.29, 0.717) is 0 Å². The topological polar surface area (TPSA) is 53.1 Å². The molecule has 1 heterocycles. The Morgan fingerprint density at radius 3 is 2.55 bits per heavy atom. The molecule has 11 heavy (non-hydrogen) atoms. The highest BCUT2D eigenvalue weighted by atomic mass is 32.2. The Hall–Kier alpha value is -0.220. The Morgan fingerprint density at radius 2 is 2.09 bits per heavy atom. The van der Waals surface area contributed by atoms with Gasteiger partial charge in [0.15, 0.2) is 0 Å². The summed E-state index contributed by atoms with van der Waals surface area (Å²) in [7, 11) is 0. The highest BCUT2D eigenvalue weighted by Crippen LogP contribution is 2.11. The molecule has 0 bridgehead atoms. The Labute approximate surface area is 71.8 Å². The molecule has 0 spiro atoms. The van der Waals surface area contributed by atoms with Crippen LogP contribution in [0.3, 0.4) is 0 Å². The number of hydrogen-bond donors (Lipinski definition) is 2. The van der Waals surface area contributed by atoms with Crippen molar-refractivity contribution in [2.45, 2.75) is 13.0 Å². The first-order valence-electron chi connectivity index (χ1n) is 3.87. The lowest BCUT2D eigenvalue weighted by atomic mass is 10.2. The van der Waals surface area contributed by atoms with Crippen LogP contribution in [0.2, 0.25) is 0 Å². The van der Waals surface area contributed by atoms with Crippen LogP contribution < -0.4 is 5.73 Å². The van der Waals surface area contributed by atoms with Crippen LogP contribution in [0.15, 0.2) is 0 Å². The molecule has 0 aliphatic carbocycles. The van der Waals surface area contributed by atoms with Crippen molar-refractivity contribution in [2.75, 3.05) is 24.6 Å². The second kappa shape index (κ2) is 3.97. The molecule has 1 atom stereocenters. The first-order valence-corrected chi connectivity index (χ1v) is 5.03. The summed E-state index contributed by atoms with van der Waals surface area (Å²) in [6, 6.07) is 0.135. The third-order valence-corrected chi connectivity index (χ3v) is 2.99. The molecule has 0 aromatic heterocycles. The van der Waals surface area contributed by atoms with E-state index in [1.807, 2.05) is 18.7 Å². The van der Waals surface area contributed by atoms with Crippen LogP contribution in [0.1, 0.15) is 6.92 Å². The molecule has 1 fully saturated rings. The Bertz CT molecular complexity index is 143. The summed E-state index contributed by atoms with van der Waals surface area (Å²) in [5.74, 6) is 2.65. The molecule has 0 radical (unpaired) electrons. The lowest BCUT2D eigenvalue weighted by Crippen LogP contribution is -2.46. The van der Waals surface area contributed by atoms with Gasteiger partial charge in [-0.05, 0) is 6.92 Å². The third kappa shape index (κ3) is 2.38. The van der Waals surface area contributed by atoms with Gasteiger partial charge < -0.3 is 5.73 Å². The summed E-state index contributed by atoms with van der Waals surface area (Å²) in [6.45, 7) is 4.15. The zero-order valence-electron chi connectivity index (χ0n) is 6.84. The zero-order chi connectivity index (χ0) is 8.27. The van der Waals surface area contributed by atoms with Crippen LogP contribution in [0, 0.1) is 5.41 Å². The van der Waals surface area contributed by atoms with E-state index in [0.717, 1.165) is 13.1 Å². The van der Waals surface area contributed by atoms with E-state index in [4.69, 9.17) is 11.1 Å². The maximum Gasteiger partial charge on any atom is 0.108 e. The van der Waals surface area contributed by atoms with Crippen LogP contribution in [0.5, 0.6) is 0 Å². The highest BCUT2D eigenvalue weighted by Gasteiger charge is 2.18. The second-order valence-corrected chi connectivity index (χ2v) is 4.00. The second-order valence-electron chi connectivity index (χ2n) is 2.78. The van der Waals surface area contributed by atoms with Gasteiger partial charge in [-0.2, -0.15) is 11.8 Å². The van der Waals surface area contributed by atoms with Gasteiger partial charge in [0, 0.05) is 24.6 Å². The van der Waals surface area contributed by atoms with E-state index >= 15 is 0 Å². The van der Waals surface area contributed by atoms with E-state index in [9.17, 15) is 0 Å². The number of hydrogen-bond acceptors (Lipinski definition) is 3. The average molecular weight is 173 g/mol. The van der Waals surface area contributed by atoms with Crippen molar-refractivity contribution in [2.24, 2.45) is 5.73 Å². The molecule has 4 heteroatoms. The molecule has 64 valence electrons. The van der Waals surface area contributed by atoms with E-state index in [1.54, 1.807) is 0 Å². The Balaban J connectivity index is 2.38. The fraction of sp³-hybridized carbons (Fsp3) is 0.857. The smallest absolute Gasteiger partial charge is 0.108 e. The summed E-state index contributed by atoms with van der Waals surface area (Å²) >= 11 is 1.97. The summed E-state index contributed by atoms with van der Waals surface area (Å²) in [6.07, 6.45) is 0. The Morgan fingerprint density at radius 1 is 1.55 bits per heavy atom. The van der Waals surface area contributed by atoms with Crippen molar-refractivity contribution in [3.05, 3.63) is 0 Å². The maximum absolute atomic E-state index is 7.27. The number of nitrogens with zero attached hydrogens (tertiary/aromatic N) is 1. The van der Waals surface area contributed by atoms with E-state index in [-0.39, 0.29) is 11.9 Å². The van der Waals surface area contributed by atoms with Gasteiger partial charge in [-0.25, -0.2) is 0 Å². The molecular formula is C7H15N3S. The van der Waals surface area contributed by atoms with Gasteiger partial charge in [-0.3, -0.25) is 10.3 Å². The molecule has 3 N–H and O–H groups in total. The van der Waals surface area contributed by atoms with Crippen LogP contribution in [-0.4, -0.2) is 41.4 Å². The van der Waals surface area contributed by atoms with Crippen LogP contribution >= 0.6 is 11.8 Å². The van der Waals surface area contributed by atoms with Crippen molar-refractivity contribution in [3.63, 3.8) is 0 Å². The molecule has 1 rings (SSSR count). The van der Waals surface area contributed by atoms with Crippen LogP contribution in [0.25, 0.3) is 0 Å². The minimum absolute atomic E-state index is 0.135. The van der Waals surface area contributed by atoms with Gasteiger partial charge in [0.2, 0.25) is 0 Å². The van der Waals surface area contributed by atoms with E-state index in [2.05, 4.69) is 4.90 Å². The first-order chi connectivity index (χ1) is 5.22. The van der Waals surface area contributed by atoms with E-state index in [1.165, 1.54) is 11.5 Å². The molecule has 1 aliphatic heterocycles. The predicted octanol–water partition coefficient (Wildman–Crippen LogP) is 0.360. The van der Waals surface area contributed by atoms with E-state index < -0.39 is 0 Å². The van der Waals surface area contributed by atoms with Gasteiger partial charge in [0.1, 0.15) is 5.84 Å². The summed E-state index contributed by atoms with van der Waals surface area (Å²) in [5, 5.41) is 7.27. The minimum atomic E-state index is 0.135. The monoisotopic (exact) mass is 173 g/mol. The summed E-state index contributed by atoms with van der Waals surface area (Å²) in [5.41, 5.74) is 5.40. The number of amidine groups is 1. The summed E-state index contributed by atoms with van der Waals surface area (Å²) in [4.78, 5) is 2.26. The number of rotatable bonds is 2. The van der Waals surface area contributed by atoms with Gasteiger partial charge in [0.25, 0.3) is 0 Å². The lowest BCUT2D eigenvalue weighted by molar-refractivity contribution is 0.278. The summed E-state index contributed by atoms with van der Waals surface area (Å²) < 4.78 is 0. The van der Waals surface area contributed by atoms with Crippen molar-refractivity contribution < 1.29 is 0 Å². The minimum Gasteiger partial charge on any atom is -0.386 e. The van der Waals surface area contributed by atoms with Crippen LogP contribution in [-0.2, 0) is 0 Å². The average Bonchev–Trinajstić information content (AvgIpc) is 2.05. The van der Waals surface area contributed by atoms with Crippen LogP contribution in [0.4, 0.5) is 0 Å². The lowest BCUT2D eigenvalue weighted by Gasteiger charge is -2.31. The fourth-order valence-corrected chi connectivity index (χ4v) is 2.09. The molecule has 0 amide bonds. The van der Waals surface area contributed by atoms with Gasteiger partial charge in [-0.15, -0.1) is 0 Å². The quantitative estimate of drug-likeness (QED) is 0.468. The van der Waals surface area contributed by atoms with Gasteiger partial charge in [0.05, 0.1) is 6.04 Å². The normalized spacial score (nSPS) is 23.0. The number of nitrogens with two attached hydrogens (primary N) is 1. The Kier molecular flexibility index (Phi) is 3.20. The highest BCUT2D eigenvalue weighted by molar-refractivity contribution is 7.99. The molecule has 0 aromatic carbocycles. The van der Waals surface area contributed by atoms with Crippen molar-refractivity contribution >= 4 is 17.6 Å². The molecule has 0 saturated carbocycles. The van der Waals surface area contributed by atoms with Crippen molar-refractivity contribution in [3.8, 4) is 0 Å². The standard InChI is InChI=1S/C7H15N3S/c1-6(7(8)9)10-2-4-11-5-3-10/h6H,2-5H2,1H3,(H3,8,9). The number of thioether (sulfide) groups is 1. The molecule has 3 nitrogen and oxygen atoms in total. The molecular weight excluding hydrogens is 158 g/mol. The molecule has 1 unspecified atom stereocenters. The molecule has 1 saturated heterocycles. The van der Waals surface area contributed by atoms with Crippen molar-refractivity contribution in [1.82, 2.24) is 4.90 Å². The van der Waals surface area contributed by atoms with Crippen molar-refractivity contribution in [1.29, 1.82) is 5.41 Å². The fourth-order valence-electron chi connectivity index (χ4n) is 1.16. The number of nitrogens with one attached hydrogen (secondary N) is 1. The maximum atomic E-state index is 7.27. The zero-order valence-corrected chi connectivity index (χ0v) is 7.66. The molecule has 1 aliphatic rings. The third-order valence-electron chi connectivity index (χ3n) is 2.04. The SMILES string of the molecule is CC(C(=N)N)N1CCSCC1. The predicted molar refractivity (Wildman–Crippen MR) is 50.3 cm³/mol. The van der Waals surface area contributed by atoms with Gasteiger partial charge >= 0.3 is 0 Å². The van der Waals surface area contributed by atoms with Gasteiger partial charge in [-0.1, -0.05) is 0 Å².